The number of benzene rings is 1. The van der Waals surface area contributed by atoms with E-state index in [4.69, 9.17) is 0 Å². The minimum Gasteiger partial charge on any atom is -0.351 e. The molecular formula is C22H21F3N8O. The van der Waals surface area contributed by atoms with Crippen molar-refractivity contribution in [2.24, 2.45) is 12.1 Å². The highest BCUT2D eigenvalue weighted by Gasteiger charge is 2.34. The van der Waals surface area contributed by atoms with Gasteiger partial charge in [0.25, 0.3) is 0 Å². The minimum atomic E-state index is -0.707. The Hall–Kier alpha value is -3.96. The van der Waals surface area contributed by atoms with Gasteiger partial charge in [-0.05, 0) is 29.8 Å². The number of hydrogen-bond donors (Lipinski definition) is 0. The summed E-state index contributed by atoms with van der Waals surface area (Å²) in [4.78, 5) is 25.1. The lowest BCUT2D eigenvalue weighted by Gasteiger charge is -2.37. The Morgan fingerprint density at radius 1 is 1.03 bits per heavy atom. The van der Waals surface area contributed by atoms with Crippen LogP contribution in [0.4, 0.5) is 23.8 Å². The van der Waals surface area contributed by atoms with Crippen LogP contribution in [0.5, 0.6) is 0 Å². The lowest BCUT2D eigenvalue weighted by Crippen LogP contribution is -2.52. The molecule has 0 radical (unpaired) electrons. The number of hydrogen-bond acceptors (Lipinski definition) is 6. The van der Waals surface area contributed by atoms with Gasteiger partial charge in [0.15, 0.2) is 17.5 Å². The summed E-state index contributed by atoms with van der Waals surface area (Å²) < 4.78 is 43.5. The van der Waals surface area contributed by atoms with E-state index in [-0.39, 0.29) is 11.8 Å². The van der Waals surface area contributed by atoms with Crippen molar-refractivity contribution in [1.82, 2.24) is 29.7 Å². The minimum absolute atomic E-state index is 0.180. The molecule has 3 aromatic rings. The van der Waals surface area contributed by atoms with Crippen LogP contribution in [0.3, 0.4) is 0 Å². The highest BCUT2D eigenvalue weighted by atomic mass is 19.1. The fourth-order valence-electron chi connectivity index (χ4n) is 4.20. The smallest absolute Gasteiger partial charge is 0.341 e. The SMILES string of the molecule is Cn1ncnc1-c1ccc(F)c(N2CCN(C(=O)N3N=CC[C@H]3c3cc(F)cc(F)c3)CC2)n1. The molecule has 2 aromatic heterocycles. The van der Waals surface area contributed by atoms with Gasteiger partial charge in [0.1, 0.15) is 23.7 Å². The predicted molar refractivity (Wildman–Crippen MR) is 117 cm³/mol. The fraction of sp³-hybridized carbons (Fsp3) is 0.318. The number of urea groups is 1. The van der Waals surface area contributed by atoms with Crippen LogP contribution in [-0.2, 0) is 7.05 Å². The molecule has 1 fully saturated rings. The predicted octanol–water partition coefficient (Wildman–Crippen LogP) is 2.97. The van der Waals surface area contributed by atoms with E-state index in [2.05, 4.69) is 20.2 Å². The summed E-state index contributed by atoms with van der Waals surface area (Å²) in [7, 11) is 1.73. The molecule has 0 bridgehead atoms. The lowest BCUT2D eigenvalue weighted by atomic mass is 10.0. The maximum Gasteiger partial charge on any atom is 0.341 e. The average Bonchev–Trinajstić information content (AvgIpc) is 3.48. The van der Waals surface area contributed by atoms with Crippen LogP contribution >= 0.6 is 0 Å². The molecule has 1 atom stereocenters. The van der Waals surface area contributed by atoms with Crippen LogP contribution in [0, 0.1) is 17.5 Å². The molecule has 12 heteroatoms. The summed E-state index contributed by atoms with van der Waals surface area (Å²) in [6, 6.07) is 5.13. The first-order chi connectivity index (χ1) is 16.4. The summed E-state index contributed by atoms with van der Waals surface area (Å²) >= 11 is 0. The second-order valence-corrected chi connectivity index (χ2v) is 8.06. The van der Waals surface area contributed by atoms with E-state index in [1.807, 2.05) is 0 Å². The number of anilines is 1. The number of carbonyl (C=O) groups excluding carboxylic acids is 1. The molecular weight excluding hydrogens is 449 g/mol. The summed E-state index contributed by atoms with van der Waals surface area (Å²) in [5.74, 6) is -1.19. The molecule has 0 spiro atoms. The molecule has 2 amide bonds. The molecule has 2 aliphatic heterocycles. The Labute approximate surface area is 193 Å². The first kappa shape index (κ1) is 21.9. The van der Waals surface area contributed by atoms with Crippen LogP contribution in [0.2, 0.25) is 0 Å². The van der Waals surface area contributed by atoms with Gasteiger partial charge >= 0.3 is 6.03 Å². The maximum atomic E-state index is 14.6. The number of piperazine rings is 1. The van der Waals surface area contributed by atoms with Gasteiger partial charge in [0, 0.05) is 51.9 Å². The molecule has 4 heterocycles. The van der Waals surface area contributed by atoms with Gasteiger partial charge < -0.3 is 9.80 Å². The van der Waals surface area contributed by atoms with Crippen molar-refractivity contribution in [3.63, 3.8) is 0 Å². The van der Waals surface area contributed by atoms with Crippen molar-refractivity contribution in [2.45, 2.75) is 12.5 Å². The number of aromatic nitrogens is 4. The summed E-state index contributed by atoms with van der Waals surface area (Å²) in [5, 5.41) is 9.40. The molecule has 5 rings (SSSR count). The largest absolute Gasteiger partial charge is 0.351 e. The molecule has 0 aliphatic carbocycles. The third kappa shape index (κ3) is 4.06. The van der Waals surface area contributed by atoms with E-state index in [9.17, 15) is 18.0 Å². The quantitative estimate of drug-likeness (QED) is 0.588. The van der Waals surface area contributed by atoms with Gasteiger partial charge in [-0.3, -0.25) is 0 Å². The third-order valence-electron chi connectivity index (χ3n) is 5.91. The van der Waals surface area contributed by atoms with E-state index < -0.39 is 23.5 Å². The van der Waals surface area contributed by atoms with Crippen molar-refractivity contribution in [3.05, 3.63) is 59.7 Å². The molecule has 1 aromatic carbocycles. The topological polar surface area (TPSA) is 82.8 Å². The molecule has 1 saturated heterocycles. The van der Waals surface area contributed by atoms with Crippen LogP contribution in [-0.4, -0.2) is 68.1 Å². The zero-order valence-corrected chi connectivity index (χ0v) is 18.3. The number of halogens is 3. The van der Waals surface area contributed by atoms with E-state index in [0.29, 0.717) is 49.7 Å². The monoisotopic (exact) mass is 470 g/mol. The normalized spacial score (nSPS) is 18.1. The first-order valence-electron chi connectivity index (χ1n) is 10.7. The van der Waals surface area contributed by atoms with Gasteiger partial charge in [-0.1, -0.05) is 0 Å². The van der Waals surface area contributed by atoms with E-state index in [1.54, 1.807) is 33.8 Å². The maximum absolute atomic E-state index is 14.6. The molecule has 2 aliphatic rings. The number of hydrazone groups is 1. The first-order valence-corrected chi connectivity index (χ1v) is 10.7. The Morgan fingerprint density at radius 2 is 1.76 bits per heavy atom. The number of rotatable bonds is 3. The number of carbonyl (C=O) groups is 1. The molecule has 0 unspecified atom stereocenters. The van der Waals surface area contributed by atoms with E-state index >= 15 is 0 Å². The van der Waals surface area contributed by atoms with Crippen molar-refractivity contribution in [2.75, 3.05) is 31.1 Å². The van der Waals surface area contributed by atoms with Gasteiger partial charge in [0.2, 0.25) is 0 Å². The number of nitrogens with zero attached hydrogens (tertiary/aromatic N) is 8. The molecule has 34 heavy (non-hydrogen) atoms. The molecule has 0 N–H and O–H groups in total. The second kappa shape index (κ2) is 8.76. The zero-order chi connectivity index (χ0) is 23.8. The van der Waals surface area contributed by atoms with E-state index in [1.165, 1.54) is 29.5 Å². The molecule has 0 saturated carbocycles. The lowest BCUT2D eigenvalue weighted by molar-refractivity contribution is 0.139. The Morgan fingerprint density at radius 3 is 2.44 bits per heavy atom. The Bertz CT molecular complexity index is 1230. The highest BCUT2D eigenvalue weighted by Crippen LogP contribution is 2.31. The van der Waals surface area contributed by atoms with Crippen molar-refractivity contribution in [1.29, 1.82) is 0 Å². The van der Waals surface area contributed by atoms with Gasteiger partial charge in [-0.2, -0.15) is 10.2 Å². The van der Waals surface area contributed by atoms with Crippen LogP contribution in [0.25, 0.3) is 11.5 Å². The van der Waals surface area contributed by atoms with Crippen LogP contribution in [0.1, 0.15) is 18.0 Å². The van der Waals surface area contributed by atoms with Crippen molar-refractivity contribution in [3.8, 4) is 11.5 Å². The number of pyridine rings is 1. The zero-order valence-electron chi connectivity index (χ0n) is 18.3. The van der Waals surface area contributed by atoms with Crippen molar-refractivity contribution >= 4 is 18.1 Å². The fourth-order valence-corrected chi connectivity index (χ4v) is 4.20. The average molecular weight is 470 g/mol. The standard InChI is InChI=1S/C22H21F3N8O/c1-30-21(26-13-28-30)18-3-2-17(25)20(29-18)31-6-8-32(9-7-31)22(34)33-19(4-5-27-33)14-10-15(23)12-16(24)11-14/h2-3,5,10-13,19H,4,6-9H2,1H3/t19-/m0/s1. The van der Waals surface area contributed by atoms with Crippen molar-refractivity contribution < 1.29 is 18.0 Å². The number of aryl methyl sites for hydroxylation is 1. The second-order valence-electron chi connectivity index (χ2n) is 8.06. The number of amides is 2. The van der Waals surface area contributed by atoms with E-state index in [0.717, 1.165) is 6.07 Å². The molecule has 9 nitrogen and oxygen atoms in total. The third-order valence-corrected chi connectivity index (χ3v) is 5.91. The Balaban J connectivity index is 1.28. The summed E-state index contributed by atoms with van der Waals surface area (Å²) in [6.07, 6.45) is 3.31. The van der Waals surface area contributed by atoms with Crippen LogP contribution in [0.15, 0.2) is 41.8 Å². The highest BCUT2D eigenvalue weighted by molar-refractivity contribution is 5.78. The Kier molecular flexibility index (Phi) is 5.64. The summed E-state index contributed by atoms with van der Waals surface area (Å²) in [5.41, 5.74) is 0.834. The van der Waals surface area contributed by atoms with Gasteiger partial charge in [0.05, 0.1) is 6.04 Å². The summed E-state index contributed by atoms with van der Waals surface area (Å²) in [6.45, 7) is 1.33. The van der Waals surface area contributed by atoms with Crippen LogP contribution < -0.4 is 4.90 Å². The molecule has 176 valence electrons. The van der Waals surface area contributed by atoms with Gasteiger partial charge in [-0.15, -0.1) is 0 Å². The van der Waals surface area contributed by atoms with Gasteiger partial charge in [-0.25, -0.2) is 37.6 Å².